The molecule has 7 rings (SSSR count). The molecule has 0 bridgehead atoms. The molecule has 0 spiro atoms. The number of thiophene rings is 1. The van der Waals surface area contributed by atoms with E-state index in [0.717, 1.165) is 21.0 Å². The van der Waals surface area contributed by atoms with Gasteiger partial charge in [0.25, 0.3) is 0 Å². The van der Waals surface area contributed by atoms with Crippen LogP contribution in [0.4, 0.5) is 0 Å². The largest absolute Gasteiger partial charge is 0.300 e. The van der Waals surface area contributed by atoms with Crippen LogP contribution >= 0.6 is 11.3 Å². The van der Waals surface area contributed by atoms with E-state index in [2.05, 4.69) is 66.9 Å². The number of hydrogen-bond acceptors (Lipinski definition) is 3. The Hall–Kier alpha value is -3.76. The second-order valence-electron chi connectivity index (χ2n) is 10.2. The van der Waals surface area contributed by atoms with E-state index in [4.69, 9.17) is 0 Å². The van der Waals surface area contributed by atoms with Crippen molar-refractivity contribution in [3.63, 3.8) is 0 Å². The topological polar surface area (TPSA) is 39.1 Å². The number of carbonyl (C=O) groups excluding carboxylic acids is 2. The summed E-state index contributed by atoms with van der Waals surface area (Å²) in [5.74, 6) is -0.341. The molecule has 3 nitrogen and oxygen atoms in total. The molecule has 0 atom stereocenters. The smallest absolute Gasteiger partial charge is 0.197 e. The van der Waals surface area contributed by atoms with Gasteiger partial charge in [-0.2, -0.15) is 0 Å². The SMILES string of the molecule is Cc1cc2c(cc1C)C(=O)C(=Cc1cc3c(s1)-n1c4ccccc4c4cccc(c41)C3(C)C)C2=O. The number of rotatable bonds is 1. The van der Waals surface area contributed by atoms with Crippen LogP contribution in [0.3, 0.4) is 0 Å². The van der Waals surface area contributed by atoms with Crippen molar-refractivity contribution in [2.75, 3.05) is 0 Å². The standard InChI is InChI=1S/C31H23NO2S/c1-16-12-21-22(13-17(16)2)29(34)23(28(21)33)14-18-15-25-30(35-18)32-26-11-6-5-8-19(26)20-9-7-10-24(27(20)32)31(25,3)4/h5-15H,1-4H3. The Morgan fingerprint density at radius 1 is 0.800 bits per heavy atom. The number of carbonyl (C=O) groups is 2. The molecule has 0 unspecified atom stereocenters. The van der Waals surface area contributed by atoms with Gasteiger partial charge in [0, 0.05) is 32.2 Å². The fourth-order valence-corrected chi connectivity index (χ4v) is 7.10. The highest BCUT2D eigenvalue weighted by atomic mass is 32.1. The molecule has 4 heteroatoms. The quantitative estimate of drug-likeness (QED) is 0.186. The molecule has 3 aromatic carbocycles. The molecule has 1 aliphatic carbocycles. The number of para-hydroxylation sites is 2. The second-order valence-corrected chi connectivity index (χ2v) is 11.3. The molecular formula is C31H23NO2S. The molecule has 0 saturated carbocycles. The molecule has 0 saturated heterocycles. The monoisotopic (exact) mass is 473 g/mol. The summed E-state index contributed by atoms with van der Waals surface area (Å²) < 4.78 is 2.37. The van der Waals surface area contributed by atoms with Crippen molar-refractivity contribution < 1.29 is 9.59 Å². The van der Waals surface area contributed by atoms with Gasteiger partial charge in [0.2, 0.25) is 0 Å². The highest BCUT2D eigenvalue weighted by Gasteiger charge is 2.38. The Kier molecular flexibility index (Phi) is 3.93. The van der Waals surface area contributed by atoms with Gasteiger partial charge in [-0.1, -0.05) is 50.2 Å². The Bertz CT molecular complexity index is 1780. The number of benzene rings is 3. The van der Waals surface area contributed by atoms with Gasteiger partial charge in [-0.15, -0.1) is 11.3 Å². The van der Waals surface area contributed by atoms with Gasteiger partial charge in [-0.25, -0.2) is 0 Å². The first-order chi connectivity index (χ1) is 16.8. The number of hydrogen-bond donors (Lipinski definition) is 0. The summed E-state index contributed by atoms with van der Waals surface area (Å²) in [6, 6.07) is 21.0. The number of nitrogens with zero attached hydrogens (tertiary/aromatic N) is 1. The first-order valence-corrected chi connectivity index (χ1v) is 12.7. The van der Waals surface area contributed by atoms with Crippen LogP contribution < -0.4 is 0 Å². The van der Waals surface area contributed by atoms with Gasteiger partial charge < -0.3 is 4.57 Å². The van der Waals surface area contributed by atoms with Gasteiger partial charge in [-0.05, 0) is 66.4 Å². The van der Waals surface area contributed by atoms with Crippen molar-refractivity contribution in [3.05, 3.63) is 104 Å². The van der Waals surface area contributed by atoms with E-state index < -0.39 is 0 Å². The van der Waals surface area contributed by atoms with Gasteiger partial charge in [-0.3, -0.25) is 9.59 Å². The van der Waals surface area contributed by atoms with Gasteiger partial charge in [0.05, 0.1) is 16.6 Å². The van der Waals surface area contributed by atoms with E-state index in [-0.39, 0.29) is 22.6 Å². The number of fused-ring (bicyclic) bond motifs is 6. The third-order valence-electron chi connectivity index (χ3n) is 7.88. The zero-order chi connectivity index (χ0) is 24.2. The fraction of sp³-hybridized carbons (Fsp3) is 0.161. The van der Waals surface area contributed by atoms with E-state index in [0.29, 0.717) is 11.1 Å². The molecule has 0 N–H and O–H groups in total. The minimum atomic E-state index is -0.201. The molecule has 1 aliphatic heterocycles. The molecule has 2 aromatic heterocycles. The zero-order valence-corrected chi connectivity index (χ0v) is 20.8. The van der Waals surface area contributed by atoms with Crippen LogP contribution in [0.5, 0.6) is 0 Å². The third kappa shape index (κ3) is 2.55. The maximum atomic E-state index is 13.2. The maximum Gasteiger partial charge on any atom is 0.197 e. The Morgan fingerprint density at radius 2 is 1.46 bits per heavy atom. The summed E-state index contributed by atoms with van der Waals surface area (Å²) in [5, 5.41) is 3.66. The fourth-order valence-electron chi connectivity index (χ4n) is 5.82. The molecule has 0 amide bonds. The molecule has 2 aliphatic rings. The summed E-state index contributed by atoms with van der Waals surface area (Å²) >= 11 is 1.65. The Morgan fingerprint density at radius 3 is 2.17 bits per heavy atom. The van der Waals surface area contributed by atoms with E-state index in [1.165, 1.54) is 32.9 Å². The molecule has 0 fully saturated rings. The van der Waals surface area contributed by atoms with Crippen LogP contribution in [0.2, 0.25) is 0 Å². The second kappa shape index (κ2) is 6.67. The van der Waals surface area contributed by atoms with Crippen LogP contribution in [0, 0.1) is 13.8 Å². The normalized spacial score (nSPS) is 15.7. The molecule has 5 aromatic rings. The highest BCUT2D eigenvalue weighted by Crippen LogP contribution is 2.50. The average molecular weight is 474 g/mol. The predicted molar refractivity (Wildman–Crippen MR) is 143 cm³/mol. The van der Waals surface area contributed by atoms with Crippen molar-refractivity contribution in [3.8, 4) is 5.00 Å². The van der Waals surface area contributed by atoms with Crippen molar-refractivity contribution in [1.82, 2.24) is 4.57 Å². The lowest BCUT2D eigenvalue weighted by Crippen LogP contribution is -2.24. The first-order valence-electron chi connectivity index (χ1n) is 11.9. The molecule has 3 heterocycles. The summed E-state index contributed by atoms with van der Waals surface area (Å²) in [7, 11) is 0. The summed E-state index contributed by atoms with van der Waals surface area (Å²) in [5.41, 5.74) is 8.11. The minimum absolute atomic E-state index is 0.171. The molecular weight excluding hydrogens is 450 g/mol. The summed E-state index contributed by atoms with van der Waals surface area (Å²) in [6.45, 7) is 8.48. The first kappa shape index (κ1) is 20.6. The van der Waals surface area contributed by atoms with Gasteiger partial charge in [0.15, 0.2) is 11.6 Å². The lowest BCUT2D eigenvalue weighted by atomic mass is 9.76. The molecule has 0 radical (unpaired) electrons. The van der Waals surface area contributed by atoms with E-state index in [1.54, 1.807) is 11.3 Å². The van der Waals surface area contributed by atoms with E-state index >= 15 is 0 Å². The lowest BCUT2D eigenvalue weighted by Gasteiger charge is -2.32. The van der Waals surface area contributed by atoms with Crippen LogP contribution in [-0.2, 0) is 5.41 Å². The lowest BCUT2D eigenvalue weighted by molar-refractivity contribution is 0.0990. The number of Topliss-reactive ketones (excluding diaryl/α,β-unsaturated/α-hetero) is 2. The van der Waals surface area contributed by atoms with Crippen LogP contribution in [0.15, 0.2) is 66.2 Å². The van der Waals surface area contributed by atoms with Crippen molar-refractivity contribution in [2.24, 2.45) is 0 Å². The van der Waals surface area contributed by atoms with E-state index in [1.807, 2.05) is 32.1 Å². The summed E-state index contributed by atoms with van der Waals surface area (Å²) in [4.78, 5) is 27.4. The van der Waals surface area contributed by atoms with Crippen molar-refractivity contribution in [1.29, 1.82) is 0 Å². The predicted octanol–water partition coefficient (Wildman–Crippen LogP) is 7.56. The Labute approximate surface area is 207 Å². The molecule has 170 valence electrons. The number of aryl methyl sites for hydroxylation is 2. The van der Waals surface area contributed by atoms with Crippen LogP contribution in [-0.4, -0.2) is 16.1 Å². The third-order valence-corrected chi connectivity index (χ3v) is 8.94. The number of aromatic nitrogens is 1. The van der Waals surface area contributed by atoms with Crippen molar-refractivity contribution >= 4 is 50.8 Å². The average Bonchev–Trinajstić information content (AvgIpc) is 3.47. The van der Waals surface area contributed by atoms with Gasteiger partial charge in [0.1, 0.15) is 5.00 Å². The minimum Gasteiger partial charge on any atom is -0.300 e. The van der Waals surface area contributed by atoms with Crippen LogP contribution in [0.25, 0.3) is 32.9 Å². The number of allylic oxidation sites excluding steroid dienone is 1. The van der Waals surface area contributed by atoms with E-state index in [9.17, 15) is 9.59 Å². The molecule has 35 heavy (non-hydrogen) atoms. The maximum absolute atomic E-state index is 13.2. The summed E-state index contributed by atoms with van der Waals surface area (Å²) in [6.07, 6.45) is 1.81. The van der Waals surface area contributed by atoms with Gasteiger partial charge >= 0.3 is 0 Å². The zero-order valence-electron chi connectivity index (χ0n) is 20.0. The Balaban J connectivity index is 1.46. The van der Waals surface area contributed by atoms with Crippen LogP contribution in [0.1, 0.15) is 61.7 Å². The number of ketones is 2. The highest BCUT2D eigenvalue weighted by molar-refractivity contribution is 7.15. The van der Waals surface area contributed by atoms with Crippen molar-refractivity contribution in [2.45, 2.75) is 33.1 Å².